The summed E-state index contributed by atoms with van der Waals surface area (Å²) < 4.78 is 5.32. The second-order valence-corrected chi connectivity index (χ2v) is 5.24. The number of fused-ring (bicyclic) bond motifs is 1. The molecule has 0 atom stereocenters. The number of hydrogen-bond acceptors (Lipinski definition) is 5. The summed E-state index contributed by atoms with van der Waals surface area (Å²) in [5.41, 5.74) is 3.16. The third kappa shape index (κ3) is 1.71. The van der Waals surface area contributed by atoms with Crippen LogP contribution in [-0.2, 0) is 5.41 Å². The van der Waals surface area contributed by atoms with E-state index in [2.05, 4.69) is 15.0 Å². The molecule has 0 amide bonds. The molecule has 0 aliphatic heterocycles. The largest absolute Gasteiger partial charge is 0.443 e. The van der Waals surface area contributed by atoms with Gasteiger partial charge in [0.1, 0.15) is 11.3 Å². The van der Waals surface area contributed by atoms with Gasteiger partial charge in [0.05, 0.1) is 17.7 Å². The molecular formula is C15H13N3O2. The molecule has 1 aliphatic rings. The summed E-state index contributed by atoms with van der Waals surface area (Å²) in [5.74, 6) is 0.732. The van der Waals surface area contributed by atoms with Crippen LogP contribution >= 0.6 is 0 Å². The Hall–Kier alpha value is -2.27. The minimum absolute atomic E-state index is 0.109. The lowest BCUT2D eigenvalue weighted by atomic mass is 10.1. The van der Waals surface area contributed by atoms with Gasteiger partial charge in [0.2, 0.25) is 0 Å². The van der Waals surface area contributed by atoms with Crippen LogP contribution in [0.1, 0.15) is 18.7 Å². The Morgan fingerprint density at radius 3 is 2.90 bits per heavy atom. The summed E-state index contributed by atoms with van der Waals surface area (Å²) in [4.78, 5) is 13.0. The Morgan fingerprint density at radius 1 is 1.20 bits per heavy atom. The van der Waals surface area contributed by atoms with Crippen LogP contribution in [0.3, 0.4) is 0 Å². The zero-order valence-electron chi connectivity index (χ0n) is 10.8. The van der Waals surface area contributed by atoms with Crippen molar-refractivity contribution in [1.82, 2.24) is 15.0 Å². The van der Waals surface area contributed by atoms with Crippen LogP contribution in [0.5, 0.6) is 0 Å². The standard InChI is InChI=1S/C15H13N3O2/c19-8-15(4-5-15)14-16-6-3-11(18-14)10-1-2-12-13(7-10)20-9-17-12/h1-3,6-7,9,19H,4-5,8H2. The third-order valence-corrected chi connectivity index (χ3v) is 3.91. The van der Waals surface area contributed by atoms with Gasteiger partial charge < -0.3 is 9.52 Å². The van der Waals surface area contributed by atoms with E-state index in [0.29, 0.717) is 0 Å². The first kappa shape index (κ1) is 11.5. The van der Waals surface area contributed by atoms with Crippen LogP contribution in [0.25, 0.3) is 22.4 Å². The molecule has 1 fully saturated rings. The van der Waals surface area contributed by atoms with E-state index in [4.69, 9.17) is 4.42 Å². The normalized spacial score (nSPS) is 16.4. The van der Waals surface area contributed by atoms with Crippen LogP contribution in [0.2, 0.25) is 0 Å². The molecular weight excluding hydrogens is 254 g/mol. The van der Waals surface area contributed by atoms with Gasteiger partial charge in [-0.15, -0.1) is 0 Å². The van der Waals surface area contributed by atoms with E-state index in [0.717, 1.165) is 41.0 Å². The number of aromatic nitrogens is 3. The van der Waals surface area contributed by atoms with Gasteiger partial charge in [-0.3, -0.25) is 0 Å². The van der Waals surface area contributed by atoms with Crippen molar-refractivity contribution in [2.75, 3.05) is 6.61 Å². The molecule has 0 radical (unpaired) electrons. The summed E-state index contributed by atoms with van der Waals surface area (Å²) in [6, 6.07) is 7.67. The van der Waals surface area contributed by atoms with Crippen LogP contribution in [0.15, 0.2) is 41.3 Å². The topological polar surface area (TPSA) is 72.0 Å². The molecule has 0 spiro atoms. The molecule has 5 nitrogen and oxygen atoms in total. The van der Waals surface area contributed by atoms with Crippen LogP contribution in [0.4, 0.5) is 0 Å². The van der Waals surface area contributed by atoms with Gasteiger partial charge in [-0.05, 0) is 31.0 Å². The molecule has 1 aromatic carbocycles. The highest BCUT2D eigenvalue weighted by Gasteiger charge is 2.46. The Kier molecular flexibility index (Phi) is 2.37. The van der Waals surface area contributed by atoms with Crippen molar-refractivity contribution in [1.29, 1.82) is 0 Å². The fourth-order valence-corrected chi connectivity index (χ4v) is 2.39. The van der Waals surface area contributed by atoms with Gasteiger partial charge in [0.15, 0.2) is 12.0 Å². The zero-order chi connectivity index (χ0) is 13.6. The van der Waals surface area contributed by atoms with Crippen molar-refractivity contribution in [3.63, 3.8) is 0 Å². The fraction of sp³-hybridized carbons (Fsp3) is 0.267. The van der Waals surface area contributed by atoms with Crippen molar-refractivity contribution in [3.8, 4) is 11.3 Å². The Balaban J connectivity index is 1.79. The summed E-state index contributed by atoms with van der Waals surface area (Å²) >= 11 is 0. The smallest absolute Gasteiger partial charge is 0.181 e. The van der Waals surface area contributed by atoms with Crippen molar-refractivity contribution in [3.05, 3.63) is 42.7 Å². The fourth-order valence-electron chi connectivity index (χ4n) is 2.39. The average molecular weight is 267 g/mol. The maximum Gasteiger partial charge on any atom is 0.181 e. The molecule has 1 aliphatic carbocycles. The van der Waals surface area contributed by atoms with Gasteiger partial charge >= 0.3 is 0 Å². The maximum absolute atomic E-state index is 9.48. The molecule has 5 heteroatoms. The van der Waals surface area contributed by atoms with Gasteiger partial charge in [0.25, 0.3) is 0 Å². The zero-order valence-corrected chi connectivity index (χ0v) is 10.8. The predicted octanol–water partition coefficient (Wildman–Crippen LogP) is 2.31. The quantitative estimate of drug-likeness (QED) is 0.788. The summed E-state index contributed by atoms with van der Waals surface area (Å²) in [6.45, 7) is 0.109. The summed E-state index contributed by atoms with van der Waals surface area (Å²) in [5, 5.41) is 9.48. The molecule has 20 heavy (non-hydrogen) atoms. The Bertz CT molecular complexity index is 777. The van der Waals surface area contributed by atoms with Crippen molar-refractivity contribution >= 4 is 11.1 Å². The van der Waals surface area contributed by atoms with Crippen molar-refractivity contribution < 1.29 is 9.52 Å². The van der Waals surface area contributed by atoms with Gasteiger partial charge in [-0.2, -0.15) is 0 Å². The Labute approximate surface area is 115 Å². The molecule has 0 bridgehead atoms. The van der Waals surface area contributed by atoms with Crippen LogP contribution in [-0.4, -0.2) is 26.7 Å². The van der Waals surface area contributed by atoms with E-state index in [9.17, 15) is 5.11 Å². The number of rotatable bonds is 3. The number of aliphatic hydroxyl groups excluding tert-OH is 1. The Morgan fingerprint density at radius 2 is 2.10 bits per heavy atom. The number of aliphatic hydroxyl groups is 1. The first-order valence-corrected chi connectivity index (χ1v) is 6.59. The SMILES string of the molecule is OCC1(c2nccc(-c3ccc4ncoc4c3)n2)CC1. The number of benzene rings is 1. The van der Waals surface area contributed by atoms with Crippen LogP contribution < -0.4 is 0 Å². The molecule has 0 saturated heterocycles. The lowest BCUT2D eigenvalue weighted by Crippen LogP contribution is -2.16. The summed E-state index contributed by atoms with van der Waals surface area (Å²) in [6.07, 6.45) is 5.09. The van der Waals surface area contributed by atoms with E-state index < -0.39 is 0 Å². The van der Waals surface area contributed by atoms with Gasteiger partial charge in [-0.25, -0.2) is 15.0 Å². The van der Waals surface area contributed by atoms with Crippen molar-refractivity contribution in [2.45, 2.75) is 18.3 Å². The first-order valence-electron chi connectivity index (χ1n) is 6.59. The van der Waals surface area contributed by atoms with E-state index in [1.807, 2.05) is 24.3 Å². The monoisotopic (exact) mass is 267 g/mol. The molecule has 0 unspecified atom stereocenters. The van der Waals surface area contributed by atoms with Crippen LogP contribution in [0, 0.1) is 0 Å². The van der Waals surface area contributed by atoms with E-state index in [-0.39, 0.29) is 12.0 Å². The molecule has 4 rings (SSSR count). The third-order valence-electron chi connectivity index (χ3n) is 3.91. The van der Waals surface area contributed by atoms with E-state index in [1.54, 1.807) is 6.20 Å². The highest BCUT2D eigenvalue weighted by molar-refractivity contribution is 5.78. The molecule has 2 aromatic heterocycles. The molecule has 2 heterocycles. The van der Waals surface area contributed by atoms with Gasteiger partial charge in [-0.1, -0.05) is 6.07 Å². The lowest BCUT2D eigenvalue weighted by Gasteiger charge is -2.10. The predicted molar refractivity (Wildman–Crippen MR) is 73.0 cm³/mol. The number of oxazole rings is 1. The second kappa shape index (κ2) is 4.11. The number of hydrogen-bond donors (Lipinski definition) is 1. The van der Waals surface area contributed by atoms with Crippen molar-refractivity contribution in [2.24, 2.45) is 0 Å². The minimum Gasteiger partial charge on any atom is -0.443 e. The number of nitrogens with zero attached hydrogens (tertiary/aromatic N) is 3. The highest BCUT2D eigenvalue weighted by atomic mass is 16.3. The van der Waals surface area contributed by atoms with E-state index in [1.165, 1.54) is 6.39 Å². The van der Waals surface area contributed by atoms with E-state index >= 15 is 0 Å². The summed E-state index contributed by atoms with van der Waals surface area (Å²) in [7, 11) is 0. The first-order chi connectivity index (χ1) is 9.81. The molecule has 1 saturated carbocycles. The minimum atomic E-state index is -0.216. The average Bonchev–Trinajstić information content (AvgIpc) is 3.17. The molecule has 100 valence electrons. The second-order valence-electron chi connectivity index (χ2n) is 5.24. The maximum atomic E-state index is 9.48. The van der Waals surface area contributed by atoms with Gasteiger partial charge in [0, 0.05) is 11.8 Å². The molecule has 1 N–H and O–H groups in total. The molecule has 3 aromatic rings. The highest BCUT2D eigenvalue weighted by Crippen LogP contribution is 2.46. The lowest BCUT2D eigenvalue weighted by molar-refractivity contribution is 0.250.